The second-order valence-corrected chi connectivity index (χ2v) is 4.37. The lowest BCUT2D eigenvalue weighted by Gasteiger charge is -2.12. The molecule has 2 aromatic rings. The first-order valence-corrected chi connectivity index (χ1v) is 6.41. The molecule has 1 unspecified atom stereocenters. The molecule has 0 saturated carbocycles. The molecule has 1 atom stereocenters. The third-order valence-corrected chi connectivity index (χ3v) is 2.87. The van der Waals surface area contributed by atoms with Crippen LogP contribution in [0.1, 0.15) is 24.5 Å². The van der Waals surface area contributed by atoms with Crippen LogP contribution in [0.4, 0.5) is 0 Å². The van der Waals surface area contributed by atoms with Gasteiger partial charge >= 0.3 is 0 Å². The summed E-state index contributed by atoms with van der Waals surface area (Å²) in [6.45, 7) is 3.66. The van der Waals surface area contributed by atoms with E-state index in [1.165, 1.54) is 0 Å². The molecule has 19 heavy (non-hydrogen) atoms. The van der Waals surface area contributed by atoms with Crippen LogP contribution in [-0.4, -0.2) is 5.11 Å². The Hall–Kier alpha value is -2.06. The molecule has 0 aliphatic rings. The summed E-state index contributed by atoms with van der Waals surface area (Å²) < 4.78 is 5.74. The number of hydrogen-bond donors (Lipinski definition) is 1. The predicted molar refractivity (Wildman–Crippen MR) is 77.3 cm³/mol. The highest BCUT2D eigenvalue weighted by Gasteiger charge is 2.07. The predicted octanol–water partition coefficient (Wildman–Crippen LogP) is 4.48. The van der Waals surface area contributed by atoms with Crippen molar-refractivity contribution in [2.75, 3.05) is 0 Å². The summed E-state index contributed by atoms with van der Waals surface area (Å²) in [4.78, 5) is 0. The molecule has 0 heterocycles. The molecular formula is C17H18O2. The molecule has 2 nitrogen and oxygen atoms in total. The van der Waals surface area contributed by atoms with Crippen LogP contribution >= 0.6 is 0 Å². The fourth-order valence-corrected chi connectivity index (χ4v) is 1.85. The van der Waals surface area contributed by atoms with Crippen molar-refractivity contribution in [1.29, 1.82) is 0 Å². The Morgan fingerprint density at radius 3 is 2.53 bits per heavy atom. The van der Waals surface area contributed by atoms with Gasteiger partial charge < -0.3 is 9.84 Å². The van der Waals surface area contributed by atoms with Gasteiger partial charge in [0.05, 0.1) is 6.10 Å². The van der Waals surface area contributed by atoms with Crippen molar-refractivity contribution in [1.82, 2.24) is 0 Å². The Bertz CT molecular complexity index is 520. The van der Waals surface area contributed by atoms with Crippen molar-refractivity contribution >= 4 is 0 Å². The van der Waals surface area contributed by atoms with E-state index >= 15 is 0 Å². The van der Waals surface area contributed by atoms with Gasteiger partial charge in [0, 0.05) is 0 Å². The van der Waals surface area contributed by atoms with Gasteiger partial charge in [-0.25, -0.2) is 0 Å². The van der Waals surface area contributed by atoms with Crippen LogP contribution in [-0.2, 0) is 0 Å². The number of ether oxygens (including phenoxy) is 1. The molecule has 98 valence electrons. The standard InChI is InChI=1S/C17H18O2/c1-2-3-12-17(18)14-8-7-11-16(13-14)19-15-9-5-4-6-10-15/h2,4-11,13,17-18H,1,3,12H2. The minimum Gasteiger partial charge on any atom is -0.457 e. The summed E-state index contributed by atoms with van der Waals surface area (Å²) in [5.74, 6) is 1.53. The van der Waals surface area contributed by atoms with Crippen molar-refractivity contribution < 1.29 is 9.84 Å². The molecule has 2 aromatic carbocycles. The Labute approximate surface area is 114 Å². The number of benzene rings is 2. The molecule has 0 aliphatic carbocycles. The lowest BCUT2D eigenvalue weighted by Crippen LogP contribution is -1.97. The van der Waals surface area contributed by atoms with Gasteiger partial charge in [0.15, 0.2) is 0 Å². The molecule has 2 heteroatoms. The maximum atomic E-state index is 10.0. The van der Waals surface area contributed by atoms with Crippen molar-refractivity contribution in [3.05, 3.63) is 72.8 Å². The summed E-state index contributed by atoms with van der Waals surface area (Å²) in [5, 5.41) is 10.0. The van der Waals surface area contributed by atoms with E-state index in [0.717, 1.165) is 23.5 Å². The second-order valence-electron chi connectivity index (χ2n) is 4.37. The molecular weight excluding hydrogens is 236 g/mol. The zero-order valence-corrected chi connectivity index (χ0v) is 10.8. The molecule has 0 aliphatic heterocycles. The van der Waals surface area contributed by atoms with Gasteiger partial charge in [-0.2, -0.15) is 0 Å². The zero-order valence-electron chi connectivity index (χ0n) is 10.8. The number of para-hydroxylation sites is 1. The van der Waals surface area contributed by atoms with Crippen LogP contribution in [0.15, 0.2) is 67.3 Å². The highest BCUT2D eigenvalue weighted by molar-refractivity contribution is 5.34. The van der Waals surface area contributed by atoms with Crippen molar-refractivity contribution in [2.24, 2.45) is 0 Å². The highest BCUT2D eigenvalue weighted by Crippen LogP contribution is 2.26. The van der Waals surface area contributed by atoms with Crippen molar-refractivity contribution in [3.8, 4) is 11.5 Å². The molecule has 0 aromatic heterocycles. The van der Waals surface area contributed by atoms with Crippen LogP contribution in [0.3, 0.4) is 0 Å². The van der Waals surface area contributed by atoms with Crippen molar-refractivity contribution in [3.63, 3.8) is 0 Å². The smallest absolute Gasteiger partial charge is 0.127 e. The van der Waals surface area contributed by atoms with Crippen LogP contribution in [0, 0.1) is 0 Å². The summed E-state index contributed by atoms with van der Waals surface area (Å²) in [7, 11) is 0. The Morgan fingerprint density at radius 2 is 1.79 bits per heavy atom. The monoisotopic (exact) mass is 254 g/mol. The molecule has 0 spiro atoms. The first kappa shape index (κ1) is 13.4. The summed E-state index contributed by atoms with van der Waals surface area (Å²) in [6, 6.07) is 17.2. The largest absolute Gasteiger partial charge is 0.457 e. The van der Waals surface area contributed by atoms with Gasteiger partial charge in [-0.1, -0.05) is 36.4 Å². The third kappa shape index (κ3) is 3.97. The van der Waals surface area contributed by atoms with Gasteiger partial charge in [-0.15, -0.1) is 6.58 Å². The minimum absolute atomic E-state index is 0.475. The molecule has 0 bridgehead atoms. The Kier molecular flexibility index (Phi) is 4.76. The number of allylic oxidation sites excluding steroid dienone is 1. The van der Waals surface area contributed by atoms with Crippen molar-refractivity contribution in [2.45, 2.75) is 18.9 Å². The van der Waals surface area contributed by atoms with E-state index in [4.69, 9.17) is 4.74 Å². The molecule has 0 saturated heterocycles. The zero-order chi connectivity index (χ0) is 13.5. The second kappa shape index (κ2) is 6.76. The van der Waals surface area contributed by atoms with Gasteiger partial charge in [-0.3, -0.25) is 0 Å². The fourth-order valence-electron chi connectivity index (χ4n) is 1.85. The quantitative estimate of drug-likeness (QED) is 0.770. The first-order valence-electron chi connectivity index (χ1n) is 6.41. The van der Waals surface area contributed by atoms with Crippen LogP contribution in [0.2, 0.25) is 0 Å². The Morgan fingerprint density at radius 1 is 1.05 bits per heavy atom. The van der Waals surface area contributed by atoms with E-state index in [1.807, 2.05) is 60.7 Å². The summed E-state index contributed by atoms with van der Waals surface area (Å²) in [6.07, 6.45) is 2.81. The van der Waals surface area contributed by atoms with Crippen LogP contribution in [0.5, 0.6) is 11.5 Å². The third-order valence-electron chi connectivity index (χ3n) is 2.87. The molecule has 2 rings (SSSR count). The van der Waals surface area contributed by atoms with Gasteiger partial charge in [0.25, 0.3) is 0 Å². The maximum Gasteiger partial charge on any atom is 0.127 e. The molecule has 1 N–H and O–H groups in total. The highest BCUT2D eigenvalue weighted by atomic mass is 16.5. The van der Waals surface area contributed by atoms with Gasteiger partial charge in [-0.05, 0) is 42.7 Å². The summed E-state index contributed by atoms with van der Waals surface area (Å²) in [5.41, 5.74) is 0.871. The van der Waals surface area contributed by atoms with E-state index < -0.39 is 6.10 Å². The normalized spacial score (nSPS) is 11.8. The SMILES string of the molecule is C=CCCC(O)c1cccc(Oc2ccccc2)c1. The lowest BCUT2D eigenvalue weighted by molar-refractivity contribution is 0.168. The van der Waals surface area contributed by atoms with Gasteiger partial charge in [0.1, 0.15) is 11.5 Å². The molecule has 0 radical (unpaired) electrons. The molecule has 0 amide bonds. The average molecular weight is 254 g/mol. The lowest BCUT2D eigenvalue weighted by atomic mass is 10.0. The first-order chi connectivity index (χ1) is 9.29. The summed E-state index contributed by atoms with van der Waals surface area (Å²) >= 11 is 0. The maximum absolute atomic E-state index is 10.0. The van der Waals surface area contributed by atoms with E-state index in [9.17, 15) is 5.11 Å². The van der Waals surface area contributed by atoms with E-state index in [1.54, 1.807) is 0 Å². The van der Waals surface area contributed by atoms with Crippen LogP contribution in [0.25, 0.3) is 0 Å². The minimum atomic E-state index is -0.475. The number of hydrogen-bond acceptors (Lipinski definition) is 2. The van der Waals surface area contributed by atoms with E-state index in [-0.39, 0.29) is 0 Å². The number of rotatable bonds is 6. The fraction of sp³-hybridized carbons (Fsp3) is 0.176. The van der Waals surface area contributed by atoms with E-state index in [2.05, 4.69) is 6.58 Å². The topological polar surface area (TPSA) is 29.5 Å². The van der Waals surface area contributed by atoms with Crippen LogP contribution < -0.4 is 4.74 Å². The number of aliphatic hydroxyl groups excluding tert-OH is 1. The molecule has 0 fully saturated rings. The van der Waals surface area contributed by atoms with E-state index in [0.29, 0.717) is 6.42 Å². The average Bonchev–Trinajstić information content (AvgIpc) is 2.46. The number of aliphatic hydroxyl groups is 1. The van der Waals surface area contributed by atoms with Gasteiger partial charge in [0.2, 0.25) is 0 Å². The Balaban J connectivity index is 2.08.